The van der Waals surface area contributed by atoms with Gasteiger partial charge in [-0.25, -0.2) is 13.2 Å². The molecule has 0 spiro atoms. The molecule has 164 valence electrons. The highest BCUT2D eigenvalue weighted by molar-refractivity contribution is 7.89. The molecule has 7 nitrogen and oxygen atoms in total. The van der Waals surface area contributed by atoms with Gasteiger partial charge < -0.3 is 14.5 Å². The second-order valence-electron chi connectivity index (χ2n) is 7.83. The second-order valence-corrected chi connectivity index (χ2v) is 9.73. The average molecular weight is 443 g/mol. The Balaban J connectivity index is 1.64. The van der Waals surface area contributed by atoms with Crippen LogP contribution in [0, 0.1) is 20.8 Å². The number of benzene rings is 2. The van der Waals surface area contributed by atoms with Crippen LogP contribution in [0.2, 0.25) is 0 Å². The van der Waals surface area contributed by atoms with Crippen LogP contribution in [0.25, 0.3) is 11.0 Å². The van der Waals surface area contributed by atoms with Crippen LogP contribution in [0.3, 0.4) is 0 Å². The molecule has 0 radical (unpaired) electrons. The van der Waals surface area contributed by atoms with Gasteiger partial charge in [0.2, 0.25) is 10.0 Å². The van der Waals surface area contributed by atoms with E-state index in [-0.39, 0.29) is 4.90 Å². The zero-order valence-corrected chi connectivity index (χ0v) is 18.7. The van der Waals surface area contributed by atoms with Gasteiger partial charge in [0.15, 0.2) is 0 Å². The molecule has 1 saturated heterocycles. The van der Waals surface area contributed by atoms with Gasteiger partial charge in [0.1, 0.15) is 5.58 Å². The van der Waals surface area contributed by atoms with Crippen molar-refractivity contribution >= 4 is 26.7 Å². The molecule has 0 unspecified atom stereocenters. The SMILES string of the molecule is Cc1ccc(NCc2cc(=O)oc3c(C)c(C)ccc23)cc1S(=O)(=O)N1CCOCC1. The highest BCUT2D eigenvalue weighted by atomic mass is 32.2. The minimum absolute atomic E-state index is 0.281. The monoisotopic (exact) mass is 442 g/mol. The number of anilines is 1. The summed E-state index contributed by atoms with van der Waals surface area (Å²) in [6.45, 7) is 7.57. The van der Waals surface area contributed by atoms with Crippen molar-refractivity contribution in [3.05, 3.63) is 69.1 Å². The van der Waals surface area contributed by atoms with Gasteiger partial charge >= 0.3 is 5.63 Å². The first-order valence-corrected chi connectivity index (χ1v) is 11.7. The Morgan fingerprint density at radius 1 is 1.00 bits per heavy atom. The smallest absolute Gasteiger partial charge is 0.336 e. The average Bonchev–Trinajstić information content (AvgIpc) is 2.76. The second kappa shape index (κ2) is 8.45. The first-order chi connectivity index (χ1) is 14.8. The van der Waals surface area contributed by atoms with E-state index in [2.05, 4.69) is 5.32 Å². The number of hydrogen-bond donors (Lipinski definition) is 1. The lowest BCUT2D eigenvalue weighted by molar-refractivity contribution is 0.0730. The van der Waals surface area contributed by atoms with E-state index in [0.29, 0.717) is 49.7 Å². The number of rotatable bonds is 5. The molecule has 0 bridgehead atoms. The van der Waals surface area contributed by atoms with Crippen LogP contribution in [0.5, 0.6) is 0 Å². The minimum atomic E-state index is -3.60. The summed E-state index contributed by atoms with van der Waals surface area (Å²) in [5.74, 6) is 0. The molecule has 2 heterocycles. The lowest BCUT2D eigenvalue weighted by Crippen LogP contribution is -2.40. The summed E-state index contributed by atoms with van der Waals surface area (Å²) in [4.78, 5) is 12.4. The summed E-state index contributed by atoms with van der Waals surface area (Å²) in [7, 11) is -3.60. The van der Waals surface area contributed by atoms with Crippen LogP contribution in [0.15, 0.2) is 50.5 Å². The van der Waals surface area contributed by atoms with Gasteiger partial charge in [-0.1, -0.05) is 18.2 Å². The van der Waals surface area contributed by atoms with E-state index >= 15 is 0 Å². The van der Waals surface area contributed by atoms with Gasteiger partial charge in [0, 0.05) is 36.8 Å². The Labute approximate surface area is 181 Å². The molecule has 1 aromatic heterocycles. The van der Waals surface area contributed by atoms with Crippen LogP contribution in [-0.4, -0.2) is 39.0 Å². The predicted molar refractivity (Wildman–Crippen MR) is 120 cm³/mol. The summed E-state index contributed by atoms with van der Waals surface area (Å²) in [6.07, 6.45) is 0. The van der Waals surface area contributed by atoms with Gasteiger partial charge in [0.25, 0.3) is 0 Å². The van der Waals surface area contributed by atoms with Crippen molar-refractivity contribution in [3.8, 4) is 0 Å². The number of fused-ring (bicyclic) bond motifs is 1. The van der Waals surface area contributed by atoms with Gasteiger partial charge in [-0.05, 0) is 55.2 Å². The third-order valence-electron chi connectivity index (χ3n) is 5.78. The molecule has 1 N–H and O–H groups in total. The summed E-state index contributed by atoms with van der Waals surface area (Å²) < 4.78 is 38.4. The van der Waals surface area contributed by atoms with E-state index in [1.807, 2.05) is 32.0 Å². The molecule has 0 aliphatic carbocycles. The molecule has 1 aliphatic heterocycles. The molecule has 1 fully saturated rings. The fourth-order valence-corrected chi connectivity index (χ4v) is 5.44. The summed E-state index contributed by atoms with van der Waals surface area (Å²) in [5.41, 5.74) is 4.33. The Hall–Kier alpha value is -2.68. The molecular formula is C23H26N2O5S. The van der Waals surface area contributed by atoms with Crippen molar-refractivity contribution in [2.75, 3.05) is 31.6 Å². The summed E-state index contributed by atoms with van der Waals surface area (Å²) in [5, 5.41) is 4.13. The molecule has 0 atom stereocenters. The quantitative estimate of drug-likeness (QED) is 0.610. The number of nitrogens with one attached hydrogen (secondary N) is 1. The third kappa shape index (κ3) is 4.23. The van der Waals surface area contributed by atoms with Crippen molar-refractivity contribution in [2.24, 2.45) is 0 Å². The van der Waals surface area contributed by atoms with Crippen LogP contribution < -0.4 is 10.9 Å². The predicted octanol–water partition coefficient (Wildman–Crippen LogP) is 3.35. The molecule has 4 rings (SSSR count). The van der Waals surface area contributed by atoms with Crippen molar-refractivity contribution in [2.45, 2.75) is 32.2 Å². The van der Waals surface area contributed by atoms with Crippen LogP contribution in [-0.2, 0) is 21.3 Å². The number of hydrogen-bond acceptors (Lipinski definition) is 6. The van der Waals surface area contributed by atoms with E-state index in [4.69, 9.17) is 9.15 Å². The van der Waals surface area contributed by atoms with Crippen LogP contribution >= 0.6 is 0 Å². The zero-order chi connectivity index (χ0) is 22.2. The first-order valence-electron chi connectivity index (χ1n) is 10.2. The lowest BCUT2D eigenvalue weighted by atomic mass is 10.0. The molecular weight excluding hydrogens is 416 g/mol. The lowest BCUT2D eigenvalue weighted by Gasteiger charge is -2.27. The van der Waals surface area contributed by atoms with Gasteiger partial charge in [-0.15, -0.1) is 0 Å². The van der Waals surface area contributed by atoms with E-state index in [1.54, 1.807) is 19.1 Å². The normalized spacial score (nSPS) is 15.3. The maximum absolute atomic E-state index is 13.1. The van der Waals surface area contributed by atoms with Crippen LogP contribution in [0.4, 0.5) is 5.69 Å². The Kier molecular flexibility index (Phi) is 5.88. The fourth-order valence-electron chi connectivity index (χ4n) is 3.78. The van der Waals surface area contributed by atoms with Crippen molar-refractivity contribution < 1.29 is 17.6 Å². The fraction of sp³-hybridized carbons (Fsp3) is 0.348. The molecule has 1 aliphatic rings. The number of nitrogens with zero attached hydrogens (tertiary/aromatic N) is 1. The van der Waals surface area contributed by atoms with E-state index in [1.165, 1.54) is 10.4 Å². The van der Waals surface area contributed by atoms with Crippen molar-refractivity contribution in [1.29, 1.82) is 0 Å². The zero-order valence-electron chi connectivity index (χ0n) is 17.9. The third-order valence-corrected chi connectivity index (χ3v) is 7.82. The molecule has 3 aromatic rings. The van der Waals surface area contributed by atoms with Crippen LogP contribution in [0.1, 0.15) is 22.3 Å². The molecule has 2 aromatic carbocycles. The summed E-state index contributed by atoms with van der Waals surface area (Å²) in [6, 6.07) is 10.7. The maximum Gasteiger partial charge on any atom is 0.336 e. The van der Waals surface area contributed by atoms with Crippen molar-refractivity contribution in [1.82, 2.24) is 4.31 Å². The maximum atomic E-state index is 13.1. The number of morpholine rings is 1. The first kappa shape index (κ1) is 21.5. The number of aryl methyl sites for hydroxylation is 3. The van der Waals surface area contributed by atoms with Crippen molar-refractivity contribution in [3.63, 3.8) is 0 Å². The van der Waals surface area contributed by atoms with E-state index < -0.39 is 15.6 Å². The number of ether oxygens (including phenoxy) is 1. The van der Waals surface area contributed by atoms with Gasteiger partial charge in [-0.2, -0.15) is 4.31 Å². The Morgan fingerprint density at radius 2 is 1.71 bits per heavy atom. The standard InChI is InChI=1S/C23H26N2O5S/c1-15-5-7-20-18(12-22(26)30-23(20)17(15)3)14-24-19-6-4-16(2)21(13-19)31(27,28)25-8-10-29-11-9-25/h4-7,12-13,24H,8-11,14H2,1-3H3. The molecule has 0 saturated carbocycles. The van der Waals surface area contributed by atoms with Gasteiger partial charge in [-0.3, -0.25) is 0 Å². The minimum Gasteiger partial charge on any atom is -0.422 e. The van der Waals surface area contributed by atoms with E-state index in [0.717, 1.165) is 22.1 Å². The number of sulfonamides is 1. The Morgan fingerprint density at radius 3 is 2.45 bits per heavy atom. The molecule has 31 heavy (non-hydrogen) atoms. The van der Waals surface area contributed by atoms with E-state index in [9.17, 15) is 13.2 Å². The summed E-state index contributed by atoms with van der Waals surface area (Å²) >= 11 is 0. The largest absolute Gasteiger partial charge is 0.422 e. The molecule has 8 heteroatoms. The topological polar surface area (TPSA) is 88.8 Å². The Bertz CT molecular complexity index is 1290. The van der Waals surface area contributed by atoms with Gasteiger partial charge in [0.05, 0.1) is 18.1 Å². The molecule has 0 amide bonds. The highest BCUT2D eigenvalue weighted by Gasteiger charge is 2.28. The highest BCUT2D eigenvalue weighted by Crippen LogP contribution is 2.26.